The Bertz CT molecular complexity index is 1610. The molecule has 3 aromatic rings. The van der Waals surface area contributed by atoms with Crippen molar-refractivity contribution in [1.82, 2.24) is 9.61 Å². The lowest BCUT2D eigenvalue weighted by atomic mass is 9.92. The van der Waals surface area contributed by atoms with Gasteiger partial charge in [0.05, 0.1) is 43.3 Å². The molecule has 3 heterocycles. The van der Waals surface area contributed by atoms with Gasteiger partial charge in [-0.05, 0) is 30.2 Å². The molecular formula is C41H63N4O9P. The summed E-state index contributed by atoms with van der Waals surface area (Å²) in [6, 6.07) is 16.3. The Hall–Kier alpha value is -2.89. The Kier molecular flexibility index (Phi) is 19.6. The van der Waals surface area contributed by atoms with Crippen LogP contribution >= 0.6 is 7.82 Å². The van der Waals surface area contributed by atoms with Crippen LogP contribution in [0, 0.1) is 11.3 Å². The number of hydrogen-bond donors (Lipinski definition) is 4. The Morgan fingerprint density at radius 1 is 0.891 bits per heavy atom. The van der Waals surface area contributed by atoms with Crippen LogP contribution in [-0.4, -0.2) is 75.6 Å². The molecule has 0 radical (unpaired) electrons. The first-order chi connectivity index (χ1) is 26.7. The van der Waals surface area contributed by atoms with E-state index < -0.39 is 44.4 Å². The predicted octanol–water partition coefficient (Wildman–Crippen LogP) is 7.75. The number of anilines is 1. The molecule has 0 aliphatic carbocycles. The maximum atomic E-state index is 13.0. The highest BCUT2D eigenvalue weighted by Gasteiger charge is 2.58. The molecule has 0 saturated carbocycles. The second-order valence-electron chi connectivity index (χ2n) is 14.6. The summed E-state index contributed by atoms with van der Waals surface area (Å²) in [5, 5.41) is 36.1. The normalized spacial score (nSPS) is 21.5. The number of ether oxygens (including phenoxy) is 3. The van der Waals surface area contributed by atoms with Gasteiger partial charge in [0.15, 0.2) is 0 Å². The summed E-state index contributed by atoms with van der Waals surface area (Å²) in [6.07, 6.45) is 16.4. The van der Waals surface area contributed by atoms with Crippen LogP contribution < -0.4 is 5.73 Å². The molecule has 1 aliphatic rings. The number of nitrogen functional groups attached to an aromatic ring is 1. The van der Waals surface area contributed by atoms with E-state index >= 15 is 0 Å². The number of phosphoric ester groups is 1. The summed E-state index contributed by atoms with van der Waals surface area (Å²) in [5.41, 5.74) is 5.95. The predicted molar refractivity (Wildman–Crippen MR) is 211 cm³/mol. The van der Waals surface area contributed by atoms with Gasteiger partial charge in [-0.25, -0.2) is 9.08 Å². The zero-order valence-electron chi connectivity index (χ0n) is 32.5. The van der Waals surface area contributed by atoms with Crippen molar-refractivity contribution in [2.45, 2.75) is 146 Å². The first-order valence-electron chi connectivity index (χ1n) is 20.2. The Labute approximate surface area is 326 Å². The fourth-order valence-corrected chi connectivity index (χ4v) is 7.71. The number of phosphoric acid groups is 1. The summed E-state index contributed by atoms with van der Waals surface area (Å²) in [6.45, 7) is 2.23. The van der Waals surface area contributed by atoms with Gasteiger partial charge in [0, 0.05) is 12.8 Å². The highest BCUT2D eigenvalue weighted by Crippen LogP contribution is 2.46. The number of benzene rings is 1. The van der Waals surface area contributed by atoms with Crippen LogP contribution in [0.5, 0.6) is 0 Å². The number of nitrogens with two attached hydrogens (primary N) is 1. The number of aliphatic hydroxyl groups is 2. The summed E-state index contributed by atoms with van der Waals surface area (Å²) in [4.78, 5) is 10.6. The maximum absolute atomic E-state index is 13.0. The van der Waals surface area contributed by atoms with Crippen LogP contribution in [0.25, 0.3) is 5.52 Å². The minimum atomic E-state index is -4.69. The fraction of sp³-hybridized carbons (Fsp3) is 0.659. The van der Waals surface area contributed by atoms with Gasteiger partial charge >= 0.3 is 7.82 Å². The summed E-state index contributed by atoms with van der Waals surface area (Å²) in [7, 11) is -4.69. The molecule has 1 aliphatic heterocycles. The molecule has 55 heavy (non-hydrogen) atoms. The van der Waals surface area contributed by atoms with Crippen LogP contribution in [0.3, 0.4) is 0 Å². The lowest BCUT2D eigenvalue weighted by molar-refractivity contribution is -0.0684. The van der Waals surface area contributed by atoms with E-state index in [2.05, 4.69) is 12.0 Å². The van der Waals surface area contributed by atoms with E-state index in [9.17, 15) is 24.9 Å². The first-order valence-corrected chi connectivity index (χ1v) is 21.7. The van der Waals surface area contributed by atoms with E-state index in [1.165, 1.54) is 100 Å². The quantitative estimate of drug-likeness (QED) is 0.0396. The molecule has 1 unspecified atom stereocenters. The van der Waals surface area contributed by atoms with Crippen LogP contribution in [0.2, 0.25) is 0 Å². The molecule has 14 heteroatoms. The molecule has 0 amide bonds. The highest BCUT2D eigenvalue weighted by atomic mass is 31.2. The third-order valence-corrected chi connectivity index (χ3v) is 11.1. The molecule has 1 fully saturated rings. The van der Waals surface area contributed by atoms with E-state index in [1.54, 1.807) is 12.1 Å². The summed E-state index contributed by atoms with van der Waals surface area (Å²) >= 11 is 0. The first kappa shape index (κ1) is 44.8. The lowest BCUT2D eigenvalue weighted by Gasteiger charge is -2.24. The second kappa shape index (κ2) is 24.0. The van der Waals surface area contributed by atoms with Gasteiger partial charge < -0.3 is 35.1 Å². The van der Waals surface area contributed by atoms with Crippen molar-refractivity contribution in [3.63, 3.8) is 0 Å². The van der Waals surface area contributed by atoms with Crippen molar-refractivity contribution in [3.8, 4) is 6.07 Å². The molecule has 13 nitrogen and oxygen atoms in total. The lowest BCUT2D eigenvalue weighted by Crippen LogP contribution is -2.41. The monoisotopic (exact) mass is 786 g/mol. The largest absolute Gasteiger partial charge is 0.472 e. The number of hydrogen-bond acceptors (Lipinski definition) is 11. The highest BCUT2D eigenvalue weighted by molar-refractivity contribution is 7.47. The third-order valence-electron chi connectivity index (χ3n) is 10.2. The van der Waals surface area contributed by atoms with Crippen molar-refractivity contribution in [2.75, 3.05) is 32.2 Å². The smallest absolute Gasteiger partial charge is 0.397 e. The van der Waals surface area contributed by atoms with E-state index in [0.29, 0.717) is 24.4 Å². The van der Waals surface area contributed by atoms with Gasteiger partial charge in [-0.1, -0.05) is 134 Å². The Morgan fingerprint density at radius 2 is 1.51 bits per heavy atom. The van der Waals surface area contributed by atoms with Gasteiger partial charge in [0.2, 0.25) is 5.60 Å². The number of rotatable bonds is 29. The zero-order chi connectivity index (χ0) is 39.4. The van der Waals surface area contributed by atoms with Crippen LogP contribution in [-0.2, 0) is 40.0 Å². The zero-order valence-corrected chi connectivity index (χ0v) is 33.4. The number of aromatic nitrogens is 2. The Balaban J connectivity index is 1.17. The third kappa shape index (κ3) is 14.2. The van der Waals surface area contributed by atoms with E-state index in [1.807, 2.05) is 36.4 Å². The number of fused-ring (bicyclic) bond motifs is 1. The standard InChI is InChI=1S/C41H63N4O9P/c1-2-3-4-5-6-7-8-9-10-11-12-13-14-15-16-20-27-51-34(29-50-28-33-21-18-17-19-22-33)30-52-55(48,49)53-31-37-39(46)40(47)41(32-42,54-37)38-24-23-36-35(43)25-26-44-45(36)38/h17-19,21-26,34,37,39-40,46-47H,2-16,20,27-31,43H2,1H3,(H,48,49)/t34-,37-,39-,40-,41+/m1/s1. The van der Waals surface area contributed by atoms with Gasteiger partial charge in [-0.3, -0.25) is 9.05 Å². The SMILES string of the molecule is CCCCCCCCCCCCCCCCCCO[C@H](COCc1ccccc1)COP(=O)(O)OC[C@H]1O[C@@](C#N)(c2ccc3c(N)ccnn23)[C@H](O)[C@@H]1O. The fourth-order valence-electron chi connectivity index (χ4n) is 6.94. The molecule has 0 spiro atoms. The minimum absolute atomic E-state index is 0.124. The molecule has 5 N–H and O–H groups in total. The van der Waals surface area contributed by atoms with Gasteiger partial charge in [0.1, 0.15) is 30.5 Å². The van der Waals surface area contributed by atoms with Crippen molar-refractivity contribution in [3.05, 3.63) is 66.0 Å². The van der Waals surface area contributed by atoms with Gasteiger partial charge in [-0.15, -0.1) is 0 Å². The topological polar surface area (TPSA) is 191 Å². The van der Waals surface area contributed by atoms with Crippen LogP contribution in [0.4, 0.5) is 5.69 Å². The molecule has 1 aromatic carbocycles. The molecule has 0 bridgehead atoms. The van der Waals surface area contributed by atoms with Gasteiger partial charge in [-0.2, -0.15) is 10.4 Å². The van der Waals surface area contributed by atoms with Gasteiger partial charge in [0.25, 0.3) is 0 Å². The van der Waals surface area contributed by atoms with Crippen LogP contribution in [0.15, 0.2) is 54.7 Å². The van der Waals surface area contributed by atoms with E-state index in [4.69, 9.17) is 29.0 Å². The average Bonchev–Trinajstić information content (AvgIpc) is 3.74. The summed E-state index contributed by atoms with van der Waals surface area (Å²) < 4.78 is 42.6. The molecule has 2 aromatic heterocycles. The molecular weight excluding hydrogens is 723 g/mol. The minimum Gasteiger partial charge on any atom is -0.397 e. The molecule has 6 atom stereocenters. The number of nitrogens with zero attached hydrogens (tertiary/aromatic N) is 3. The number of nitriles is 1. The van der Waals surface area contributed by atoms with Crippen molar-refractivity contribution in [1.29, 1.82) is 5.26 Å². The second-order valence-corrected chi connectivity index (χ2v) is 16.1. The van der Waals surface area contributed by atoms with E-state index in [-0.39, 0.29) is 18.9 Å². The Morgan fingerprint density at radius 3 is 2.13 bits per heavy atom. The average molecular weight is 787 g/mol. The van der Waals surface area contributed by atoms with E-state index in [0.717, 1.165) is 24.8 Å². The van der Waals surface area contributed by atoms with Crippen molar-refractivity contribution in [2.24, 2.45) is 0 Å². The number of unbranched alkanes of at least 4 members (excludes halogenated alkanes) is 15. The molecule has 1 saturated heterocycles. The number of aliphatic hydroxyl groups excluding tert-OH is 2. The maximum Gasteiger partial charge on any atom is 0.472 e. The van der Waals surface area contributed by atoms with Crippen molar-refractivity contribution >= 4 is 19.0 Å². The summed E-state index contributed by atoms with van der Waals surface area (Å²) in [5.74, 6) is 0. The molecule has 4 rings (SSSR count). The van der Waals surface area contributed by atoms with Crippen LogP contribution in [0.1, 0.15) is 121 Å². The molecule has 306 valence electrons. The van der Waals surface area contributed by atoms with Crippen molar-refractivity contribution < 1.29 is 42.9 Å².